The molecule has 0 unspecified atom stereocenters. The fourth-order valence-corrected chi connectivity index (χ4v) is 3.44. The monoisotopic (exact) mass is 372 g/mol. The van der Waals surface area contributed by atoms with Crippen molar-refractivity contribution in [3.63, 3.8) is 0 Å². The predicted octanol–water partition coefficient (Wildman–Crippen LogP) is 3.65. The van der Waals surface area contributed by atoms with Crippen LogP contribution < -0.4 is 5.32 Å². The number of carbonyl (C=O) groups is 2. The molecule has 0 radical (unpaired) electrons. The van der Waals surface area contributed by atoms with E-state index in [1.165, 1.54) is 6.08 Å². The molecule has 1 amide bonds. The Balaban J connectivity index is 1.50. The van der Waals surface area contributed by atoms with Gasteiger partial charge in [0.15, 0.2) is 5.78 Å². The second kappa shape index (κ2) is 7.60. The Morgan fingerprint density at radius 2 is 2.07 bits per heavy atom. The number of pyridine rings is 1. The van der Waals surface area contributed by atoms with E-state index in [1.54, 1.807) is 41.5 Å². The third-order valence-corrected chi connectivity index (χ3v) is 4.81. The van der Waals surface area contributed by atoms with Crippen LogP contribution in [0.1, 0.15) is 34.3 Å². The first-order chi connectivity index (χ1) is 13.6. The molecule has 28 heavy (non-hydrogen) atoms. The van der Waals surface area contributed by atoms with Gasteiger partial charge in [-0.2, -0.15) is 5.10 Å². The van der Waals surface area contributed by atoms with Crippen LogP contribution in [-0.4, -0.2) is 26.5 Å². The summed E-state index contributed by atoms with van der Waals surface area (Å²) in [6.07, 6.45) is 12.7. The topological polar surface area (TPSA) is 76.9 Å². The number of benzene rings is 1. The van der Waals surface area contributed by atoms with Gasteiger partial charge in [-0.15, -0.1) is 0 Å². The van der Waals surface area contributed by atoms with E-state index >= 15 is 0 Å². The third kappa shape index (κ3) is 3.76. The molecule has 0 saturated heterocycles. The van der Waals surface area contributed by atoms with Crippen molar-refractivity contribution >= 4 is 23.5 Å². The number of amides is 1. The van der Waals surface area contributed by atoms with Crippen molar-refractivity contribution < 1.29 is 9.59 Å². The molecule has 1 N–H and O–H groups in total. The van der Waals surface area contributed by atoms with Crippen LogP contribution in [-0.2, 0) is 18.3 Å². The van der Waals surface area contributed by atoms with Gasteiger partial charge in [0, 0.05) is 60.5 Å². The van der Waals surface area contributed by atoms with E-state index in [0.717, 1.165) is 40.7 Å². The lowest BCUT2D eigenvalue weighted by atomic mass is 9.90. The molecule has 1 aliphatic carbocycles. The first-order valence-electron chi connectivity index (χ1n) is 9.18. The van der Waals surface area contributed by atoms with Gasteiger partial charge < -0.3 is 5.32 Å². The van der Waals surface area contributed by atoms with Crippen LogP contribution in [0.25, 0.3) is 17.2 Å². The summed E-state index contributed by atoms with van der Waals surface area (Å²) >= 11 is 0. The minimum atomic E-state index is -0.233. The maximum absolute atomic E-state index is 12.4. The lowest BCUT2D eigenvalue weighted by molar-refractivity contribution is -0.111. The average molecular weight is 372 g/mol. The first kappa shape index (κ1) is 17.9. The van der Waals surface area contributed by atoms with Crippen LogP contribution in [0.2, 0.25) is 0 Å². The van der Waals surface area contributed by atoms with Gasteiger partial charge in [0.25, 0.3) is 0 Å². The molecule has 140 valence electrons. The lowest BCUT2D eigenvalue weighted by Crippen LogP contribution is -2.13. The van der Waals surface area contributed by atoms with E-state index in [4.69, 9.17) is 0 Å². The molecule has 0 saturated carbocycles. The van der Waals surface area contributed by atoms with Gasteiger partial charge in [-0.25, -0.2) is 0 Å². The van der Waals surface area contributed by atoms with Crippen molar-refractivity contribution in [1.82, 2.24) is 14.8 Å². The Bertz CT molecular complexity index is 1080. The second-order valence-electron chi connectivity index (χ2n) is 6.84. The number of anilines is 1. The van der Waals surface area contributed by atoms with Gasteiger partial charge in [-0.3, -0.25) is 19.3 Å². The number of ketones is 1. The van der Waals surface area contributed by atoms with E-state index in [0.29, 0.717) is 12.1 Å². The number of hydrogen-bond donors (Lipinski definition) is 1. The first-order valence-corrected chi connectivity index (χ1v) is 9.18. The van der Waals surface area contributed by atoms with E-state index < -0.39 is 0 Å². The van der Waals surface area contributed by atoms with E-state index in [1.807, 2.05) is 25.4 Å². The summed E-state index contributed by atoms with van der Waals surface area (Å²) in [5.41, 5.74) is 5.23. The quantitative estimate of drug-likeness (QED) is 0.709. The zero-order valence-corrected chi connectivity index (χ0v) is 15.6. The highest BCUT2D eigenvalue weighted by Gasteiger charge is 2.17. The minimum Gasteiger partial charge on any atom is -0.323 e. The molecule has 2 aromatic heterocycles. The van der Waals surface area contributed by atoms with Crippen molar-refractivity contribution in [3.05, 3.63) is 71.8 Å². The smallest absolute Gasteiger partial charge is 0.248 e. The van der Waals surface area contributed by atoms with Crippen LogP contribution in [0.15, 0.2) is 55.1 Å². The molecule has 6 nitrogen and oxygen atoms in total. The largest absolute Gasteiger partial charge is 0.323 e. The number of nitrogens with zero attached hydrogens (tertiary/aromatic N) is 3. The molecule has 2 heterocycles. The van der Waals surface area contributed by atoms with Crippen molar-refractivity contribution in [2.75, 3.05) is 5.32 Å². The Hall–Kier alpha value is -3.54. The predicted molar refractivity (Wildman–Crippen MR) is 108 cm³/mol. The summed E-state index contributed by atoms with van der Waals surface area (Å²) in [4.78, 5) is 28.4. The Labute approximate surface area is 162 Å². The summed E-state index contributed by atoms with van der Waals surface area (Å²) < 4.78 is 1.73. The number of carbonyl (C=O) groups excluding carboxylic acids is 2. The highest BCUT2D eigenvalue weighted by atomic mass is 16.1. The summed E-state index contributed by atoms with van der Waals surface area (Å²) in [7, 11) is 1.86. The lowest BCUT2D eigenvalue weighted by Gasteiger charge is -2.15. The fourth-order valence-electron chi connectivity index (χ4n) is 3.44. The van der Waals surface area contributed by atoms with E-state index in [2.05, 4.69) is 15.4 Å². The van der Waals surface area contributed by atoms with Crippen LogP contribution in [0.3, 0.4) is 0 Å². The van der Waals surface area contributed by atoms with Crippen LogP contribution in [0.5, 0.6) is 0 Å². The van der Waals surface area contributed by atoms with Crippen LogP contribution in [0, 0.1) is 0 Å². The number of rotatable bonds is 4. The molecule has 3 aromatic rings. The Kier molecular flexibility index (Phi) is 4.85. The van der Waals surface area contributed by atoms with Crippen molar-refractivity contribution in [3.8, 4) is 11.1 Å². The minimum absolute atomic E-state index is 0.179. The molecule has 1 aliphatic rings. The summed E-state index contributed by atoms with van der Waals surface area (Å²) in [6.45, 7) is 0. The number of hydrogen-bond acceptors (Lipinski definition) is 4. The highest BCUT2D eigenvalue weighted by molar-refractivity contribution is 6.03. The number of aryl methyl sites for hydroxylation is 2. The Morgan fingerprint density at radius 3 is 2.89 bits per heavy atom. The second-order valence-corrected chi connectivity index (χ2v) is 6.84. The van der Waals surface area contributed by atoms with Crippen LogP contribution >= 0.6 is 0 Å². The molecule has 0 aliphatic heterocycles. The van der Waals surface area contributed by atoms with Gasteiger partial charge in [0.1, 0.15) is 0 Å². The molecule has 0 spiro atoms. The number of fused-ring (bicyclic) bond motifs is 1. The normalized spacial score (nSPS) is 13.5. The Morgan fingerprint density at radius 1 is 1.18 bits per heavy atom. The molecule has 0 atom stereocenters. The van der Waals surface area contributed by atoms with E-state index in [9.17, 15) is 9.59 Å². The standard InChI is InChI=1S/C22H20N4O2/c1-26-14-17(13-24-26)19-9-10-23-12-16(19)5-8-22(28)25-18-6-7-20-15(11-18)3-2-4-21(20)27/h5-14H,2-4H2,1H3,(H,25,28)/b8-5+. The average Bonchev–Trinajstić information content (AvgIpc) is 3.13. The zero-order chi connectivity index (χ0) is 19.5. The van der Waals surface area contributed by atoms with Gasteiger partial charge in [-0.1, -0.05) is 0 Å². The molecule has 1 aromatic carbocycles. The van der Waals surface area contributed by atoms with E-state index in [-0.39, 0.29) is 11.7 Å². The molecule has 0 fully saturated rings. The summed E-state index contributed by atoms with van der Waals surface area (Å²) in [5.74, 6) is -0.0541. The third-order valence-electron chi connectivity index (χ3n) is 4.81. The van der Waals surface area contributed by atoms with Gasteiger partial charge in [-0.05, 0) is 54.3 Å². The molecular weight excluding hydrogens is 352 g/mol. The highest BCUT2D eigenvalue weighted by Crippen LogP contribution is 2.25. The molecule has 4 rings (SSSR count). The maximum Gasteiger partial charge on any atom is 0.248 e. The number of Topliss-reactive ketones (excluding diaryl/α,β-unsaturated/α-hetero) is 1. The zero-order valence-electron chi connectivity index (χ0n) is 15.6. The maximum atomic E-state index is 12.4. The van der Waals surface area contributed by atoms with Crippen molar-refractivity contribution in [2.24, 2.45) is 7.05 Å². The summed E-state index contributed by atoms with van der Waals surface area (Å²) in [6, 6.07) is 7.37. The van der Waals surface area contributed by atoms with Crippen molar-refractivity contribution in [1.29, 1.82) is 0 Å². The van der Waals surface area contributed by atoms with Gasteiger partial charge in [0.05, 0.1) is 6.20 Å². The van der Waals surface area contributed by atoms with Crippen molar-refractivity contribution in [2.45, 2.75) is 19.3 Å². The molecule has 0 bridgehead atoms. The number of nitrogens with one attached hydrogen (secondary N) is 1. The molecular formula is C22H20N4O2. The SMILES string of the molecule is Cn1cc(-c2ccncc2/C=C/C(=O)Nc2ccc3c(c2)CCCC3=O)cn1. The summed E-state index contributed by atoms with van der Waals surface area (Å²) in [5, 5.41) is 7.06. The number of aromatic nitrogens is 3. The molecule has 6 heteroatoms. The van der Waals surface area contributed by atoms with Gasteiger partial charge in [0.2, 0.25) is 5.91 Å². The fraction of sp³-hybridized carbons (Fsp3) is 0.182. The van der Waals surface area contributed by atoms with Gasteiger partial charge >= 0.3 is 0 Å². The van der Waals surface area contributed by atoms with Crippen LogP contribution in [0.4, 0.5) is 5.69 Å².